The highest BCUT2D eigenvalue weighted by atomic mass is 16.5. The Balaban J connectivity index is 2.03. The smallest absolute Gasteiger partial charge is 0.406 e. The van der Waals surface area contributed by atoms with Crippen LogP contribution in [0.1, 0.15) is 12.8 Å². The third-order valence-corrected chi connectivity index (χ3v) is 2.50. The summed E-state index contributed by atoms with van der Waals surface area (Å²) in [4.78, 5) is 13.0. The first-order valence-electron chi connectivity index (χ1n) is 4.72. The fourth-order valence-electron chi connectivity index (χ4n) is 1.71. The first kappa shape index (κ1) is 10.3. The third-order valence-electron chi connectivity index (χ3n) is 2.50. The van der Waals surface area contributed by atoms with Crippen molar-refractivity contribution >= 4 is 6.09 Å². The summed E-state index contributed by atoms with van der Waals surface area (Å²) in [6.07, 6.45) is 1.98. The Hall–Kier alpha value is -0.770. The quantitative estimate of drug-likeness (QED) is 0.705. The molecule has 4 heteroatoms. The van der Waals surface area contributed by atoms with Gasteiger partial charge >= 0.3 is 6.09 Å². The van der Waals surface area contributed by atoms with Gasteiger partial charge in [-0.15, -0.1) is 0 Å². The van der Waals surface area contributed by atoms with E-state index in [-0.39, 0.29) is 6.09 Å². The summed E-state index contributed by atoms with van der Waals surface area (Å²) in [5.41, 5.74) is 0. The first-order chi connectivity index (χ1) is 6.22. The lowest BCUT2D eigenvalue weighted by Crippen LogP contribution is -2.26. The second-order valence-corrected chi connectivity index (χ2v) is 3.62. The summed E-state index contributed by atoms with van der Waals surface area (Å²) >= 11 is 0. The van der Waals surface area contributed by atoms with E-state index >= 15 is 0 Å². The Bertz CT molecular complexity index is 173. The van der Waals surface area contributed by atoms with Crippen molar-refractivity contribution in [1.82, 2.24) is 10.2 Å². The molecule has 0 saturated carbocycles. The summed E-state index contributed by atoms with van der Waals surface area (Å²) in [5, 5.41) is 2.69. The SMILES string of the molecule is COC(=O)NCCC1CCN(C)C1. The maximum absolute atomic E-state index is 10.7. The molecular formula is C9H18N2O2. The molecule has 1 rings (SSSR count). The van der Waals surface area contributed by atoms with Gasteiger partial charge in [0.1, 0.15) is 0 Å². The van der Waals surface area contributed by atoms with E-state index < -0.39 is 0 Å². The molecule has 0 aromatic rings. The van der Waals surface area contributed by atoms with Crippen LogP contribution in [-0.2, 0) is 4.74 Å². The van der Waals surface area contributed by atoms with Crippen molar-refractivity contribution in [3.63, 3.8) is 0 Å². The molecular weight excluding hydrogens is 168 g/mol. The number of nitrogens with zero attached hydrogens (tertiary/aromatic N) is 1. The average molecular weight is 186 g/mol. The number of alkyl carbamates (subject to hydrolysis) is 1. The minimum atomic E-state index is -0.327. The van der Waals surface area contributed by atoms with Crippen LogP contribution in [0.4, 0.5) is 4.79 Å². The fourth-order valence-corrected chi connectivity index (χ4v) is 1.71. The zero-order valence-electron chi connectivity index (χ0n) is 8.38. The van der Waals surface area contributed by atoms with Crippen LogP contribution in [0.5, 0.6) is 0 Å². The zero-order valence-corrected chi connectivity index (χ0v) is 8.38. The number of hydrogen-bond donors (Lipinski definition) is 1. The van der Waals surface area contributed by atoms with Crippen LogP contribution >= 0.6 is 0 Å². The lowest BCUT2D eigenvalue weighted by atomic mass is 10.1. The Morgan fingerprint density at radius 3 is 3.00 bits per heavy atom. The fraction of sp³-hybridized carbons (Fsp3) is 0.889. The average Bonchev–Trinajstić information content (AvgIpc) is 2.51. The van der Waals surface area contributed by atoms with Crippen molar-refractivity contribution in [2.75, 3.05) is 33.8 Å². The van der Waals surface area contributed by atoms with Crippen molar-refractivity contribution in [2.24, 2.45) is 5.92 Å². The maximum Gasteiger partial charge on any atom is 0.406 e. The van der Waals surface area contributed by atoms with E-state index in [1.54, 1.807) is 0 Å². The van der Waals surface area contributed by atoms with E-state index in [0.29, 0.717) is 0 Å². The second-order valence-electron chi connectivity index (χ2n) is 3.62. The predicted molar refractivity (Wildman–Crippen MR) is 50.6 cm³/mol. The lowest BCUT2D eigenvalue weighted by Gasteiger charge is -2.10. The van der Waals surface area contributed by atoms with Gasteiger partial charge < -0.3 is 15.0 Å². The summed E-state index contributed by atoms with van der Waals surface area (Å²) in [6.45, 7) is 3.07. The molecule has 0 aromatic carbocycles. The monoisotopic (exact) mass is 186 g/mol. The van der Waals surface area contributed by atoms with E-state index in [2.05, 4.69) is 22.0 Å². The van der Waals surface area contributed by atoms with Crippen molar-refractivity contribution in [3.8, 4) is 0 Å². The van der Waals surface area contributed by atoms with E-state index in [1.165, 1.54) is 20.1 Å². The number of rotatable bonds is 3. The number of ether oxygens (including phenoxy) is 1. The number of amides is 1. The number of carbonyl (C=O) groups excluding carboxylic acids is 1. The standard InChI is InChI=1S/C9H18N2O2/c1-11-6-4-8(7-11)3-5-10-9(12)13-2/h8H,3-7H2,1-2H3,(H,10,12). The molecule has 1 N–H and O–H groups in total. The van der Waals surface area contributed by atoms with Gasteiger partial charge in [-0.05, 0) is 32.4 Å². The van der Waals surface area contributed by atoms with Crippen molar-refractivity contribution in [1.29, 1.82) is 0 Å². The Morgan fingerprint density at radius 1 is 1.69 bits per heavy atom. The summed E-state index contributed by atoms with van der Waals surface area (Å²) in [6, 6.07) is 0. The van der Waals surface area contributed by atoms with Gasteiger partial charge in [-0.1, -0.05) is 0 Å². The van der Waals surface area contributed by atoms with Crippen LogP contribution in [0.25, 0.3) is 0 Å². The van der Waals surface area contributed by atoms with E-state index in [0.717, 1.165) is 25.4 Å². The maximum atomic E-state index is 10.7. The summed E-state index contributed by atoms with van der Waals surface area (Å²) in [5.74, 6) is 0.738. The van der Waals surface area contributed by atoms with Gasteiger partial charge in [-0.3, -0.25) is 0 Å². The van der Waals surface area contributed by atoms with E-state index in [9.17, 15) is 4.79 Å². The number of likely N-dealkylation sites (tertiary alicyclic amines) is 1. The topological polar surface area (TPSA) is 41.6 Å². The van der Waals surface area contributed by atoms with Crippen LogP contribution in [0, 0.1) is 5.92 Å². The molecule has 13 heavy (non-hydrogen) atoms. The molecule has 1 unspecified atom stereocenters. The van der Waals surface area contributed by atoms with Gasteiger partial charge in [0.15, 0.2) is 0 Å². The first-order valence-corrected chi connectivity index (χ1v) is 4.72. The van der Waals surface area contributed by atoms with Gasteiger partial charge in [0, 0.05) is 13.1 Å². The number of carbonyl (C=O) groups is 1. The second kappa shape index (κ2) is 5.07. The molecule has 0 bridgehead atoms. The summed E-state index contributed by atoms with van der Waals surface area (Å²) < 4.78 is 4.48. The minimum Gasteiger partial charge on any atom is -0.453 e. The number of hydrogen-bond acceptors (Lipinski definition) is 3. The van der Waals surface area contributed by atoms with Gasteiger partial charge in [-0.2, -0.15) is 0 Å². The molecule has 0 radical (unpaired) electrons. The normalized spacial score (nSPS) is 23.1. The van der Waals surface area contributed by atoms with Crippen molar-refractivity contribution < 1.29 is 9.53 Å². The van der Waals surface area contributed by atoms with Gasteiger partial charge in [0.2, 0.25) is 0 Å². The van der Waals surface area contributed by atoms with E-state index in [4.69, 9.17) is 0 Å². The Kier molecular flexibility index (Phi) is 4.02. The Morgan fingerprint density at radius 2 is 2.46 bits per heavy atom. The van der Waals surface area contributed by atoms with Crippen LogP contribution < -0.4 is 5.32 Å². The molecule has 1 amide bonds. The van der Waals surface area contributed by atoms with E-state index in [1.807, 2.05) is 0 Å². The number of nitrogens with one attached hydrogen (secondary N) is 1. The van der Waals surface area contributed by atoms with Crippen molar-refractivity contribution in [2.45, 2.75) is 12.8 Å². The van der Waals surface area contributed by atoms with Crippen LogP contribution in [0.2, 0.25) is 0 Å². The lowest BCUT2D eigenvalue weighted by molar-refractivity contribution is 0.170. The van der Waals surface area contributed by atoms with Crippen LogP contribution in [-0.4, -0.2) is 44.8 Å². The van der Waals surface area contributed by atoms with Crippen LogP contribution in [0.15, 0.2) is 0 Å². The minimum absolute atomic E-state index is 0.327. The predicted octanol–water partition coefficient (Wildman–Crippen LogP) is 0.684. The molecule has 0 spiro atoms. The molecule has 76 valence electrons. The van der Waals surface area contributed by atoms with Crippen LogP contribution in [0.3, 0.4) is 0 Å². The molecule has 1 saturated heterocycles. The number of methoxy groups -OCH3 is 1. The highest BCUT2D eigenvalue weighted by molar-refractivity contribution is 5.66. The largest absolute Gasteiger partial charge is 0.453 e. The highest BCUT2D eigenvalue weighted by Gasteiger charge is 2.18. The molecule has 0 aromatic heterocycles. The third kappa shape index (κ3) is 3.63. The molecule has 1 atom stereocenters. The van der Waals surface area contributed by atoms with Gasteiger partial charge in [-0.25, -0.2) is 4.79 Å². The zero-order chi connectivity index (χ0) is 9.68. The molecule has 1 aliphatic heterocycles. The highest BCUT2D eigenvalue weighted by Crippen LogP contribution is 2.16. The molecule has 4 nitrogen and oxygen atoms in total. The van der Waals surface area contributed by atoms with Crippen molar-refractivity contribution in [3.05, 3.63) is 0 Å². The molecule has 1 heterocycles. The molecule has 1 aliphatic rings. The van der Waals surface area contributed by atoms with Gasteiger partial charge in [0.05, 0.1) is 7.11 Å². The summed E-state index contributed by atoms with van der Waals surface area (Å²) in [7, 11) is 3.52. The van der Waals surface area contributed by atoms with Gasteiger partial charge in [0.25, 0.3) is 0 Å². The molecule has 1 fully saturated rings. The molecule has 0 aliphatic carbocycles. The Labute approximate surface area is 79.2 Å².